The Morgan fingerprint density at radius 3 is 1.38 bits per heavy atom. The van der Waals surface area contributed by atoms with Gasteiger partial charge < -0.3 is 16.8 Å². The lowest BCUT2D eigenvalue weighted by atomic mass is 9.68. The van der Waals surface area contributed by atoms with E-state index < -0.39 is 0 Å². The number of nitrogens with two attached hydrogens (primary N) is 2. The molecule has 278 valence electrons. The lowest BCUT2D eigenvalue weighted by molar-refractivity contribution is 0.169. The van der Waals surface area contributed by atoms with Crippen LogP contribution in [-0.2, 0) is 6.42 Å². The molecule has 2 atom stereocenters. The van der Waals surface area contributed by atoms with Crippen LogP contribution >= 0.6 is 0 Å². The van der Waals surface area contributed by atoms with E-state index in [1.807, 2.05) is 12.1 Å². The molecule has 0 radical (unpaired) electrons. The van der Waals surface area contributed by atoms with E-state index in [1.54, 1.807) is 0 Å². The summed E-state index contributed by atoms with van der Waals surface area (Å²) in [5.41, 5.74) is 21.1. The number of nitrogens with one attached hydrogen (secondary N) is 1. The minimum atomic E-state index is 0.470. The van der Waals surface area contributed by atoms with Crippen LogP contribution in [0.1, 0.15) is 134 Å². The fraction of sp³-hybridized carbons (Fsp3) is 0.574. The molecule has 4 aliphatic carbocycles. The molecule has 5 N–H and O–H groups in total. The third-order valence-corrected chi connectivity index (χ3v) is 13.2. The average molecular weight is 700 g/mol. The summed E-state index contributed by atoms with van der Waals surface area (Å²) in [4.78, 5) is 11.0. The van der Waals surface area contributed by atoms with Gasteiger partial charge in [-0.15, -0.1) is 0 Å². The summed E-state index contributed by atoms with van der Waals surface area (Å²) < 4.78 is 0. The second-order valence-corrected chi connectivity index (χ2v) is 16.9. The Morgan fingerprint density at radius 2 is 0.904 bits per heavy atom. The number of anilines is 3. The van der Waals surface area contributed by atoms with Gasteiger partial charge in [-0.05, 0) is 129 Å². The third-order valence-electron chi connectivity index (χ3n) is 13.2. The summed E-state index contributed by atoms with van der Waals surface area (Å²) in [7, 11) is 0. The summed E-state index contributed by atoms with van der Waals surface area (Å²) in [6.07, 6.45) is 27.4. The van der Waals surface area contributed by atoms with E-state index in [0.29, 0.717) is 29.7 Å². The van der Waals surface area contributed by atoms with E-state index in [0.717, 1.165) is 35.1 Å². The second-order valence-electron chi connectivity index (χ2n) is 16.9. The molecule has 0 aromatic heterocycles. The highest BCUT2D eigenvalue weighted by Gasteiger charge is 2.36. The largest absolute Gasteiger partial charge is 0.399 e. The molecule has 3 aromatic rings. The Labute approximate surface area is 314 Å². The maximum absolute atomic E-state index is 6.13. The SMILES string of the molecule is Nc1ccc(CC(C2CCCCC2)C(Nc2ccc(N=C(C(=Nc3ccc(N)cc3)C3CCCCC3)C3CCCCC3)cc2)C2CCCCC2)cc1. The summed E-state index contributed by atoms with van der Waals surface area (Å²) in [5.74, 6) is 3.05. The maximum Gasteiger partial charge on any atom is 0.0659 e. The number of nitrogen functional groups attached to an aromatic ring is 2. The zero-order chi connectivity index (χ0) is 35.5. The van der Waals surface area contributed by atoms with Crippen molar-refractivity contribution < 1.29 is 0 Å². The third kappa shape index (κ3) is 9.88. The summed E-state index contributed by atoms with van der Waals surface area (Å²) >= 11 is 0. The van der Waals surface area contributed by atoms with E-state index in [4.69, 9.17) is 21.5 Å². The zero-order valence-corrected chi connectivity index (χ0v) is 31.8. The molecule has 52 heavy (non-hydrogen) atoms. The molecule has 5 heteroatoms. The van der Waals surface area contributed by atoms with Crippen molar-refractivity contribution in [1.29, 1.82) is 0 Å². The van der Waals surface area contributed by atoms with Crippen LogP contribution in [0.5, 0.6) is 0 Å². The van der Waals surface area contributed by atoms with E-state index in [1.165, 1.54) is 151 Å². The molecule has 2 unspecified atom stereocenters. The lowest BCUT2D eigenvalue weighted by Gasteiger charge is -2.42. The van der Waals surface area contributed by atoms with E-state index in [-0.39, 0.29) is 0 Å². The molecule has 0 saturated heterocycles. The Kier molecular flexibility index (Phi) is 13.0. The van der Waals surface area contributed by atoms with Gasteiger partial charge in [0.15, 0.2) is 0 Å². The van der Waals surface area contributed by atoms with Gasteiger partial charge in [-0.25, -0.2) is 0 Å². The first-order valence-electron chi connectivity index (χ1n) is 21.3. The van der Waals surface area contributed by atoms with Crippen LogP contribution in [0.2, 0.25) is 0 Å². The molecule has 5 nitrogen and oxygen atoms in total. The maximum atomic E-state index is 6.13. The van der Waals surface area contributed by atoms with Crippen molar-refractivity contribution in [3.8, 4) is 0 Å². The molecule has 4 saturated carbocycles. The normalized spacial score (nSPS) is 21.8. The van der Waals surface area contributed by atoms with Crippen molar-refractivity contribution in [2.24, 2.45) is 39.6 Å². The fourth-order valence-electron chi connectivity index (χ4n) is 10.3. The smallest absolute Gasteiger partial charge is 0.0659 e. The Bertz CT molecular complexity index is 1570. The van der Waals surface area contributed by atoms with E-state index >= 15 is 0 Å². The Balaban J connectivity index is 1.19. The monoisotopic (exact) mass is 700 g/mol. The topological polar surface area (TPSA) is 88.8 Å². The van der Waals surface area contributed by atoms with Gasteiger partial charge in [0, 0.05) is 34.9 Å². The number of rotatable bonds is 12. The molecule has 0 heterocycles. The average Bonchev–Trinajstić information content (AvgIpc) is 3.21. The van der Waals surface area contributed by atoms with Gasteiger partial charge in [-0.3, -0.25) is 9.98 Å². The first-order valence-corrected chi connectivity index (χ1v) is 21.3. The van der Waals surface area contributed by atoms with E-state index in [9.17, 15) is 0 Å². The molecule has 3 aromatic carbocycles. The fourth-order valence-corrected chi connectivity index (χ4v) is 10.3. The van der Waals surface area contributed by atoms with Crippen LogP contribution in [0.4, 0.5) is 28.4 Å². The molecule has 4 aliphatic rings. The lowest BCUT2D eigenvalue weighted by Crippen LogP contribution is -2.42. The first-order chi connectivity index (χ1) is 25.6. The second kappa shape index (κ2) is 18.4. The molecule has 0 amide bonds. The van der Waals surface area contributed by atoms with Crippen LogP contribution in [0.25, 0.3) is 0 Å². The van der Waals surface area contributed by atoms with Gasteiger partial charge in [0.1, 0.15) is 0 Å². The highest BCUT2D eigenvalue weighted by molar-refractivity contribution is 6.44. The molecule has 0 bridgehead atoms. The standard InChI is InChI=1S/C47H65N5/c48-39-23-21-34(22-24-39)33-44(35-13-5-1-6-14-35)45(36-15-7-2-8-16-36)50-42-29-31-43(32-30-42)52-47(38-19-11-4-12-20-38)46(37-17-9-3-10-18-37)51-41-27-25-40(49)26-28-41/h21-32,35-38,44-45,50H,1-20,33,48-49H2. The van der Waals surface area contributed by atoms with Crippen molar-refractivity contribution in [2.75, 3.05) is 16.8 Å². The van der Waals surface area contributed by atoms with Gasteiger partial charge in [-0.2, -0.15) is 0 Å². The van der Waals surface area contributed by atoms with Crippen LogP contribution in [-0.4, -0.2) is 17.5 Å². The number of nitrogens with zero attached hydrogens (tertiary/aromatic N) is 2. The summed E-state index contributed by atoms with van der Waals surface area (Å²) in [6, 6.07) is 26.5. The summed E-state index contributed by atoms with van der Waals surface area (Å²) in [5, 5.41) is 4.23. The van der Waals surface area contributed by atoms with Gasteiger partial charge in [-0.1, -0.05) is 102 Å². The molecular formula is C47H65N5. The molecular weight excluding hydrogens is 635 g/mol. The van der Waals surface area contributed by atoms with Crippen LogP contribution in [0.3, 0.4) is 0 Å². The summed E-state index contributed by atoms with van der Waals surface area (Å²) in [6.45, 7) is 0. The number of hydrogen-bond donors (Lipinski definition) is 3. The molecule has 0 aliphatic heterocycles. The quantitative estimate of drug-likeness (QED) is 0.130. The van der Waals surface area contributed by atoms with Crippen LogP contribution in [0.15, 0.2) is 82.8 Å². The minimum Gasteiger partial charge on any atom is -0.399 e. The van der Waals surface area contributed by atoms with Crippen molar-refractivity contribution in [1.82, 2.24) is 0 Å². The van der Waals surface area contributed by atoms with Gasteiger partial charge >= 0.3 is 0 Å². The zero-order valence-electron chi connectivity index (χ0n) is 31.8. The molecule has 7 rings (SSSR count). The molecule has 0 spiro atoms. The molecule has 4 fully saturated rings. The number of aliphatic imine (C=N–C) groups is 2. The predicted octanol–water partition coefficient (Wildman–Crippen LogP) is 12.7. The minimum absolute atomic E-state index is 0.470. The Morgan fingerprint density at radius 1 is 0.500 bits per heavy atom. The van der Waals surface area contributed by atoms with Crippen molar-refractivity contribution >= 4 is 39.9 Å². The predicted molar refractivity (Wildman–Crippen MR) is 223 cm³/mol. The van der Waals surface area contributed by atoms with Crippen LogP contribution in [0, 0.1) is 29.6 Å². The van der Waals surface area contributed by atoms with Crippen LogP contribution < -0.4 is 16.8 Å². The first kappa shape index (κ1) is 36.7. The van der Waals surface area contributed by atoms with Crippen molar-refractivity contribution in [3.05, 3.63) is 78.4 Å². The highest BCUT2D eigenvalue weighted by Crippen LogP contribution is 2.41. The van der Waals surface area contributed by atoms with Gasteiger partial charge in [0.25, 0.3) is 0 Å². The van der Waals surface area contributed by atoms with Gasteiger partial charge in [0.05, 0.1) is 22.8 Å². The van der Waals surface area contributed by atoms with Crippen molar-refractivity contribution in [3.63, 3.8) is 0 Å². The highest BCUT2D eigenvalue weighted by atomic mass is 14.9. The number of hydrogen-bond acceptors (Lipinski definition) is 5. The Hall–Kier alpha value is -3.60. The number of benzene rings is 3. The van der Waals surface area contributed by atoms with E-state index in [2.05, 4.69) is 66.0 Å². The van der Waals surface area contributed by atoms with Gasteiger partial charge in [0.2, 0.25) is 0 Å². The van der Waals surface area contributed by atoms with Crippen molar-refractivity contribution in [2.45, 2.75) is 141 Å².